The molecule has 4 aromatic rings. The topological polar surface area (TPSA) is 54.0 Å². The van der Waals surface area contributed by atoms with Crippen LogP contribution < -0.4 is 10.6 Å². The molecule has 0 bridgehead atoms. The average molecular weight is 408 g/mol. The Morgan fingerprint density at radius 1 is 1.00 bits per heavy atom. The monoisotopic (exact) mass is 407 g/mol. The quantitative estimate of drug-likeness (QED) is 0.425. The summed E-state index contributed by atoms with van der Waals surface area (Å²) in [6, 6.07) is 22.7. The van der Waals surface area contributed by atoms with Gasteiger partial charge in [0.25, 0.3) is 0 Å². The lowest BCUT2D eigenvalue weighted by Crippen LogP contribution is -2.33. The number of thiazole rings is 1. The number of fused-ring (bicyclic) bond motifs is 1. The number of halogens is 1. The summed E-state index contributed by atoms with van der Waals surface area (Å²) in [6.07, 6.45) is 0. The molecule has 1 unspecified atom stereocenters. The van der Waals surface area contributed by atoms with Gasteiger partial charge in [0.15, 0.2) is 5.13 Å². The molecular weight excluding hydrogens is 390 g/mol. The van der Waals surface area contributed by atoms with E-state index in [-0.39, 0.29) is 12.1 Å². The highest BCUT2D eigenvalue weighted by Gasteiger charge is 2.17. The summed E-state index contributed by atoms with van der Waals surface area (Å²) < 4.78 is 1.05. The van der Waals surface area contributed by atoms with E-state index >= 15 is 0 Å². The van der Waals surface area contributed by atoms with Crippen LogP contribution in [0.1, 0.15) is 22.7 Å². The molecule has 0 aliphatic rings. The minimum absolute atomic E-state index is 0.296. The summed E-state index contributed by atoms with van der Waals surface area (Å²) in [5, 5.41) is 7.14. The summed E-state index contributed by atoms with van der Waals surface area (Å²) >= 11 is 7.48. The lowest BCUT2D eigenvalue weighted by atomic mass is 9.99. The molecule has 140 valence electrons. The molecule has 2 N–H and O–H groups in total. The predicted molar refractivity (Wildman–Crippen MR) is 116 cm³/mol. The van der Waals surface area contributed by atoms with E-state index in [0.29, 0.717) is 10.2 Å². The molecule has 28 heavy (non-hydrogen) atoms. The zero-order chi connectivity index (χ0) is 19.5. The number of benzene rings is 3. The number of anilines is 1. The molecule has 0 saturated carbocycles. The molecule has 0 aliphatic heterocycles. The first kappa shape index (κ1) is 18.5. The molecule has 3 aromatic carbocycles. The predicted octanol–water partition coefficient (Wildman–Crippen LogP) is 6.17. The smallest absolute Gasteiger partial charge is 0.321 e. The lowest BCUT2D eigenvalue weighted by molar-refractivity contribution is 0.250. The van der Waals surface area contributed by atoms with Crippen molar-refractivity contribution in [2.75, 3.05) is 5.32 Å². The normalized spacial score (nSPS) is 11.9. The van der Waals surface area contributed by atoms with Crippen LogP contribution in [-0.2, 0) is 0 Å². The number of urea groups is 1. The highest BCUT2D eigenvalue weighted by atomic mass is 35.5. The van der Waals surface area contributed by atoms with E-state index < -0.39 is 0 Å². The Kier molecular flexibility index (Phi) is 5.28. The maximum Gasteiger partial charge on any atom is 0.321 e. The van der Waals surface area contributed by atoms with Gasteiger partial charge in [-0.15, -0.1) is 0 Å². The van der Waals surface area contributed by atoms with Gasteiger partial charge in [-0.3, -0.25) is 5.32 Å². The van der Waals surface area contributed by atoms with Crippen LogP contribution in [-0.4, -0.2) is 11.0 Å². The van der Waals surface area contributed by atoms with Crippen molar-refractivity contribution >= 4 is 44.3 Å². The SMILES string of the molecule is Cc1ccc2nc(NC(=O)NC(c3ccccc3)c3ccc(Cl)cc3)sc2c1. The zero-order valence-corrected chi connectivity index (χ0v) is 16.7. The molecule has 0 fully saturated rings. The average Bonchev–Trinajstić information content (AvgIpc) is 3.09. The van der Waals surface area contributed by atoms with Crippen molar-refractivity contribution in [2.45, 2.75) is 13.0 Å². The van der Waals surface area contributed by atoms with Crippen molar-refractivity contribution in [1.82, 2.24) is 10.3 Å². The molecule has 1 heterocycles. The molecule has 6 heteroatoms. The molecule has 0 saturated heterocycles. The summed E-state index contributed by atoms with van der Waals surface area (Å²) in [5.74, 6) is 0. The highest BCUT2D eigenvalue weighted by molar-refractivity contribution is 7.22. The van der Waals surface area contributed by atoms with Crippen molar-refractivity contribution in [3.8, 4) is 0 Å². The number of aryl methyl sites for hydroxylation is 1. The highest BCUT2D eigenvalue weighted by Crippen LogP contribution is 2.27. The first-order chi connectivity index (χ1) is 13.6. The van der Waals surface area contributed by atoms with Crippen LogP contribution in [0.3, 0.4) is 0 Å². The second-order valence-corrected chi connectivity index (χ2v) is 7.95. The minimum atomic E-state index is -0.306. The van der Waals surface area contributed by atoms with Crippen LogP contribution in [0.4, 0.5) is 9.93 Å². The second-order valence-electron chi connectivity index (χ2n) is 6.48. The molecular formula is C22H18ClN3OS. The Morgan fingerprint density at radius 3 is 2.46 bits per heavy atom. The maximum atomic E-state index is 12.7. The van der Waals surface area contributed by atoms with Gasteiger partial charge in [-0.2, -0.15) is 0 Å². The standard InChI is InChI=1S/C22H18ClN3OS/c1-14-7-12-18-19(13-14)28-22(24-18)26-21(27)25-20(15-5-3-2-4-6-15)16-8-10-17(23)11-9-16/h2-13,20H,1H3,(H2,24,25,26,27). The maximum absolute atomic E-state index is 12.7. The van der Waals surface area contributed by atoms with Gasteiger partial charge in [0.1, 0.15) is 0 Å². The van der Waals surface area contributed by atoms with E-state index in [1.165, 1.54) is 16.9 Å². The van der Waals surface area contributed by atoms with Gasteiger partial charge in [-0.25, -0.2) is 9.78 Å². The van der Waals surface area contributed by atoms with Crippen molar-refractivity contribution < 1.29 is 4.79 Å². The van der Waals surface area contributed by atoms with E-state index in [2.05, 4.69) is 21.7 Å². The van der Waals surface area contributed by atoms with Gasteiger partial charge in [-0.05, 0) is 47.9 Å². The van der Waals surface area contributed by atoms with Gasteiger partial charge >= 0.3 is 6.03 Å². The van der Waals surface area contributed by atoms with Crippen molar-refractivity contribution in [2.24, 2.45) is 0 Å². The van der Waals surface area contributed by atoms with Crippen molar-refractivity contribution in [1.29, 1.82) is 0 Å². The van der Waals surface area contributed by atoms with Gasteiger partial charge in [0, 0.05) is 5.02 Å². The van der Waals surface area contributed by atoms with Crippen LogP contribution in [0, 0.1) is 6.92 Å². The molecule has 0 radical (unpaired) electrons. The number of rotatable bonds is 4. The summed E-state index contributed by atoms with van der Waals surface area (Å²) in [4.78, 5) is 17.2. The van der Waals surface area contributed by atoms with Gasteiger partial charge in [-0.1, -0.05) is 71.5 Å². The Morgan fingerprint density at radius 2 is 1.71 bits per heavy atom. The lowest BCUT2D eigenvalue weighted by Gasteiger charge is -2.20. The molecule has 4 nitrogen and oxygen atoms in total. The number of hydrogen-bond acceptors (Lipinski definition) is 3. The Labute approximate surface area is 172 Å². The van der Waals surface area contributed by atoms with Gasteiger partial charge in [0.2, 0.25) is 0 Å². The van der Waals surface area contributed by atoms with Gasteiger partial charge in [0.05, 0.1) is 16.3 Å². The van der Waals surface area contributed by atoms with E-state index in [0.717, 1.165) is 21.3 Å². The molecule has 0 aliphatic carbocycles. The Bertz CT molecular complexity index is 1110. The number of nitrogens with zero attached hydrogens (tertiary/aromatic N) is 1. The number of hydrogen-bond donors (Lipinski definition) is 2. The number of carbonyl (C=O) groups is 1. The van der Waals surface area contributed by atoms with E-state index in [1.54, 1.807) is 0 Å². The van der Waals surface area contributed by atoms with Crippen LogP contribution in [0.15, 0.2) is 72.8 Å². The number of amides is 2. The fourth-order valence-electron chi connectivity index (χ4n) is 3.01. The number of nitrogens with one attached hydrogen (secondary N) is 2. The fraction of sp³-hybridized carbons (Fsp3) is 0.0909. The zero-order valence-electron chi connectivity index (χ0n) is 15.1. The third-order valence-electron chi connectivity index (χ3n) is 4.38. The van der Waals surface area contributed by atoms with Crippen LogP contribution in [0.2, 0.25) is 5.02 Å². The van der Waals surface area contributed by atoms with E-state index in [4.69, 9.17) is 11.6 Å². The van der Waals surface area contributed by atoms with Gasteiger partial charge < -0.3 is 5.32 Å². The second kappa shape index (κ2) is 8.00. The third-order valence-corrected chi connectivity index (χ3v) is 5.56. The molecule has 0 spiro atoms. The first-order valence-corrected chi connectivity index (χ1v) is 10.0. The number of carbonyl (C=O) groups excluding carboxylic acids is 1. The molecule has 2 amide bonds. The van der Waals surface area contributed by atoms with Crippen molar-refractivity contribution in [3.63, 3.8) is 0 Å². The Balaban J connectivity index is 1.57. The van der Waals surface area contributed by atoms with E-state index in [9.17, 15) is 4.79 Å². The van der Waals surface area contributed by atoms with E-state index in [1.807, 2.05) is 73.7 Å². The Hall–Kier alpha value is -2.89. The summed E-state index contributed by atoms with van der Waals surface area (Å²) in [5.41, 5.74) is 3.98. The first-order valence-electron chi connectivity index (χ1n) is 8.83. The minimum Gasteiger partial charge on any atom is -0.327 e. The molecule has 1 aromatic heterocycles. The van der Waals surface area contributed by atoms with Crippen LogP contribution >= 0.6 is 22.9 Å². The summed E-state index contributed by atoms with van der Waals surface area (Å²) in [7, 11) is 0. The van der Waals surface area contributed by atoms with Crippen LogP contribution in [0.5, 0.6) is 0 Å². The number of aromatic nitrogens is 1. The van der Waals surface area contributed by atoms with Crippen LogP contribution in [0.25, 0.3) is 10.2 Å². The fourth-order valence-corrected chi connectivity index (χ4v) is 4.09. The summed E-state index contributed by atoms with van der Waals surface area (Å²) in [6.45, 7) is 2.04. The van der Waals surface area contributed by atoms with Crippen molar-refractivity contribution in [3.05, 3.63) is 94.5 Å². The molecule has 1 atom stereocenters. The molecule has 4 rings (SSSR count). The largest absolute Gasteiger partial charge is 0.327 e. The third kappa shape index (κ3) is 4.16.